The molecule has 2 heterocycles. The third-order valence-electron chi connectivity index (χ3n) is 4.04. The van der Waals surface area contributed by atoms with Crippen LogP contribution in [0.4, 0.5) is 0 Å². The lowest BCUT2D eigenvalue weighted by Gasteiger charge is -2.21. The van der Waals surface area contributed by atoms with Crippen molar-refractivity contribution in [3.63, 3.8) is 0 Å². The van der Waals surface area contributed by atoms with Crippen LogP contribution in [-0.2, 0) is 6.42 Å². The molecule has 4 heteroatoms. The lowest BCUT2D eigenvalue weighted by Crippen LogP contribution is -2.27. The fourth-order valence-electron chi connectivity index (χ4n) is 2.93. The summed E-state index contributed by atoms with van der Waals surface area (Å²) in [5, 5.41) is 3.42. The molecule has 1 aromatic carbocycles. The summed E-state index contributed by atoms with van der Waals surface area (Å²) in [6.45, 7) is 4.47. The van der Waals surface area contributed by atoms with Crippen molar-refractivity contribution in [1.82, 2.24) is 15.3 Å². The standard InChI is InChI=1S/C15H20BrN3/c1-10-8-12(16)9-13-15(10)19-14(18-13)3-2-11-4-6-17-7-5-11/h8-9,11,17H,2-7H2,1H3,(H,18,19). The van der Waals surface area contributed by atoms with Gasteiger partial charge in [0.1, 0.15) is 5.82 Å². The summed E-state index contributed by atoms with van der Waals surface area (Å²) in [5.41, 5.74) is 3.49. The molecule has 0 bridgehead atoms. The molecule has 1 fully saturated rings. The summed E-state index contributed by atoms with van der Waals surface area (Å²) in [6, 6.07) is 4.24. The van der Waals surface area contributed by atoms with Gasteiger partial charge in [-0.25, -0.2) is 4.98 Å². The molecule has 3 rings (SSSR count). The van der Waals surface area contributed by atoms with Crippen LogP contribution in [0, 0.1) is 12.8 Å². The van der Waals surface area contributed by atoms with Crippen molar-refractivity contribution >= 4 is 27.0 Å². The quantitative estimate of drug-likeness (QED) is 0.907. The van der Waals surface area contributed by atoms with Gasteiger partial charge in [0.25, 0.3) is 0 Å². The minimum Gasteiger partial charge on any atom is -0.342 e. The number of aryl methyl sites for hydroxylation is 2. The van der Waals surface area contributed by atoms with Gasteiger partial charge in [-0.15, -0.1) is 0 Å². The van der Waals surface area contributed by atoms with Crippen molar-refractivity contribution in [2.24, 2.45) is 5.92 Å². The molecule has 0 aliphatic carbocycles. The first kappa shape index (κ1) is 13.1. The Morgan fingerprint density at radius 3 is 2.89 bits per heavy atom. The largest absolute Gasteiger partial charge is 0.342 e. The lowest BCUT2D eigenvalue weighted by molar-refractivity contribution is 0.352. The summed E-state index contributed by atoms with van der Waals surface area (Å²) >= 11 is 3.54. The molecule has 0 saturated carbocycles. The Hall–Kier alpha value is -0.870. The van der Waals surface area contributed by atoms with E-state index in [4.69, 9.17) is 4.98 Å². The van der Waals surface area contributed by atoms with Crippen molar-refractivity contribution in [2.75, 3.05) is 13.1 Å². The smallest absolute Gasteiger partial charge is 0.107 e. The normalized spacial score (nSPS) is 17.2. The Balaban J connectivity index is 1.72. The maximum absolute atomic E-state index is 4.75. The SMILES string of the molecule is Cc1cc(Br)cc2[nH]c(CCC3CCNCC3)nc12. The van der Waals surface area contributed by atoms with E-state index in [1.54, 1.807) is 0 Å². The summed E-state index contributed by atoms with van der Waals surface area (Å²) in [5.74, 6) is 2.00. The van der Waals surface area contributed by atoms with Crippen molar-refractivity contribution in [3.8, 4) is 0 Å². The van der Waals surface area contributed by atoms with Gasteiger partial charge < -0.3 is 10.3 Å². The van der Waals surface area contributed by atoms with E-state index in [1.165, 1.54) is 37.9 Å². The van der Waals surface area contributed by atoms with Gasteiger partial charge in [0.05, 0.1) is 11.0 Å². The van der Waals surface area contributed by atoms with Crippen LogP contribution in [0.5, 0.6) is 0 Å². The average molecular weight is 322 g/mol. The van der Waals surface area contributed by atoms with Crippen LogP contribution in [-0.4, -0.2) is 23.1 Å². The second-order valence-corrected chi connectivity index (χ2v) is 6.45. The highest BCUT2D eigenvalue weighted by molar-refractivity contribution is 9.10. The van der Waals surface area contributed by atoms with Gasteiger partial charge >= 0.3 is 0 Å². The second kappa shape index (κ2) is 5.63. The minimum absolute atomic E-state index is 0.863. The van der Waals surface area contributed by atoms with Crippen LogP contribution in [0.3, 0.4) is 0 Å². The molecule has 2 aromatic rings. The molecule has 1 aliphatic heterocycles. The highest BCUT2D eigenvalue weighted by Crippen LogP contribution is 2.23. The first-order valence-corrected chi connectivity index (χ1v) is 7.87. The van der Waals surface area contributed by atoms with E-state index < -0.39 is 0 Å². The molecule has 0 radical (unpaired) electrons. The van der Waals surface area contributed by atoms with Crippen molar-refractivity contribution in [3.05, 3.63) is 28.0 Å². The van der Waals surface area contributed by atoms with Gasteiger partial charge in [-0.1, -0.05) is 15.9 Å². The number of hydrogen-bond acceptors (Lipinski definition) is 2. The molecule has 102 valence electrons. The highest BCUT2D eigenvalue weighted by atomic mass is 79.9. The maximum Gasteiger partial charge on any atom is 0.107 e. The van der Waals surface area contributed by atoms with Crippen molar-refractivity contribution < 1.29 is 0 Å². The predicted octanol–water partition coefficient (Wildman–Crippen LogP) is 3.57. The summed E-state index contributed by atoms with van der Waals surface area (Å²) in [7, 11) is 0. The van der Waals surface area contributed by atoms with E-state index in [2.05, 4.69) is 45.3 Å². The van der Waals surface area contributed by atoms with Gasteiger partial charge in [-0.3, -0.25) is 0 Å². The van der Waals surface area contributed by atoms with Gasteiger partial charge in [0, 0.05) is 10.9 Å². The fourth-order valence-corrected chi connectivity index (χ4v) is 3.50. The predicted molar refractivity (Wildman–Crippen MR) is 82.4 cm³/mol. The molecular formula is C15H20BrN3. The Kier molecular flexibility index (Phi) is 3.89. The van der Waals surface area contributed by atoms with Crippen molar-refractivity contribution in [1.29, 1.82) is 0 Å². The molecule has 19 heavy (non-hydrogen) atoms. The number of H-pyrrole nitrogens is 1. The molecule has 1 aliphatic rings. The Bertz CT molecular complexity index is 570. The molecule has 0 amide bonds. The fraction of sp³-hybridized carbons (Fsp3) is 0.533. The summed E-state index contributed by atoms with van der Waals surface area (Å²) in [4.78, 5) is 8.21. The van der Waals surface area contributed by atoms with Gasteiger partial charge in [-0.2, -0.15) is 0 Å². The zero-order valence-electron chi connectivity index (χ0n) is 11.3. The van der Waals surface area contributed by atoms with E-state index in [0.717, 1.165) is 33.7 Å². The van der Waals surface area contributed by atoms with Gasteiger partial charge in [0.15, 0.2) is 0 Å². The van der Waals surface area contributed by atoms with Crippen LogP contribution >= 0.6 is 15.9 Å². The molecular weight excluding hydrogens is 302 g/mol. The average Bonchev–Trinajstić information content (AvgIpc) is 2.81. The molecule has 0 unspecified atom stereocenters. The summed E-state index contributed by atoms with van der Waals surface area (Å²) < 4.78 is 1.12. The monoisotopic (exact) mass is 321 g/mol. The van der Waals surface area contributed by atoms with Crippen LogP contribution in [0.15, 0.2) is 16.6 Å². The van der Waals surface area contributed by atoms with Crippen LogP contribution < -0.4 is 5.32 Å². The number of rotatable bonds is 3. The molecule has 3 nitrogen and oxygen atoms in total. The van der Waals surface area contributed by atoms with E-state index >= 15 is 0 Å². The van der Waals surface area contributed by atoms with E-state index in [0.29, 0.717) is 0 Å². The molecule has 1 saturated heterocycles. The number of piperidine rings is 1. The third-order valence-corrected chi connectivity index (χ3v) is 4.50. The lowest BCUT2D eigenvalue weighted by atomic mass is 9.93. The van der Waals surface area contributed by atoms with Gasteiger partial charge in [-0.05, 0) is 62.9 Å². The van der Waals surface area contributed by atoms with E-state index in [-0.39, 0.29) is 0 Å². The zero-order valence-corrected chi connectivity index (χ0v) is 12.9. The molecule has 0 spiro atoms. The first-order chi connectivity index (χ1) is 9.22. The van der Waals surface area contributed by atoms with Gasteiger partial charge in [0.2, 0.25) is 0 Å². The maximum atomic E-state index is 4.75. The topological polar surface area (TPSA) is 40.7 Å². The van der Waals surface area contributed by atoms with E-state index in [1.807, 2.05) is 0 Å². The number of benzene rings is 1. The Morgan fingerprint density at radius 2 is 2.11 bits per heavy atom. The number of nitrogens with one attached hydrogen (secondary N) is 2. The Morgan fingerprint density at radius 1 is 1.32 bits per heavy atom. The van der Waals surface area contributed by atoms with Crippen LogP contribution in [0.1, 0.15) is 30.7 Å². The Labute approximate surface area is 122 Å². The zero-order chi connectivity index (χ0) is 13.2. The van der Waals surface area contributed by atoms with Crippen molar-refractivity contribution in [2.45, 2.75) is 32.6 Å². The third kappa shape index (κ3) is 3.00. The number of aromatic amines is 1. The van der Waals surface area contributed by atoms with E-state index in [9.17, 15) is 0 Å². The number of nitrogens with zero attached hydrogens (tertiary/aromatic N) is 1. The van der Waals surface area contributed by atoms with Crippen LogP contribution in [0.25, 0.3) is 11.0 Å². The molecule has 2 N–H and O–H groups in total. The number of aromatic nitrogens is 2. The molecule has 1 aromatic heterocycles. The number of imidazole rings is 1. The summed E-state index contributed by atoms with van der Waals surface area (Å²) in [6.07, 6.45) is 4.94. The molecule has 0 atom stereocenters. The number of halogens is 1. The second-order valence-electron chi connectivity index (χ2n) is 5.53. The van der Waals surface area contributed by atoms with Crippen LogP contribution in [0.2, 0.25) is 0 Å². The number of fused-ring (bicyclic) bond motifs is 1. The minimum atomic E-state index is 0.863. The first-order valence-electron chi connectivity index (χ1n) is 7.08. The number of hydrogen-bond donors (Lipinski definition) is 2. The highest BCUT2D eigenvalue weighted by Gasteiger charge is 2.14.